The second-order valence-corrected chi connectivity index (χ2v) is 16.2. The molecule has 2 aliphatic heterocycles. The molecule has 2 saturated heterocycles. The number of esters is 1. The van der Waals surface area contributed by atoms with Crippen LogP contribution in [0.3, 0.4) is 0 Å². The van der Waals surface area contributed by atoms with Gasteiger partial charge in [0, 0.05) is 6.42 Å². The van der Waals surface area contributed by atoms with Crippen LogP contribution >= 0.6 is 7.92 Å². The van der Waals surface area contributed by atoms with Crippen LogP contribution in [-0.4, -0.2) is 56.7 Å². The third kappa shape index (κ3) is 7.50. The summed E-state index contributed by atoms with van der Waals surface area (Å²) in [6.07, 6.45) is 20.0. The molecular weight excluding hydrogens is 477 g/mol. The summed E-state index contributed by atoms with van der Waals surface area (Å²) in [6.45, 7) is 11.5. The van der Waals surface area contributed by atoms with E-state index in [0.717, 1.165) is 69.1 Å². The molecule has 5 N–H and O–H groups in total. The zero-order valence-corrected chi connectivity index (χ0v) is 25.6. The van der Waals surface area contributed by atoms with Crippen molar-refractivity contribution in [1.82, 2.24) is 5.32 Å². The van der Waals surface area contributed by atoms with Gasteiger partial charge in [0.15, 0.2) is 0 Å². The number of carbonyl (C=O) groups is 1. The molecule has 37 heavy (non-hydrogen) atoms. The van der Waals surface area contributed by atoms with E-state index in [1.54, 1.807) is 12.3 Å². The Bertz CT molecular complexity index is 685. The van der Waals surface area contributed by atoms with Gasteiger partial charge in [0.05, 0.1) is 7.11 Å². The topological polar surface area (TPSA) is 90.4 Å². The number of carbonyl (C=O) groups excluding carboxylic acids is 1. The predicted molar refractivity (Wildman–Crippen MR) is 159 cm³/mol. The van der Waals surface area contributed by atoms with E-state index in [0.29, 0.717) is 30.8 Å². The number of hydrogen-bond donors (Lipinski definition) is 3. The maximum absolute atomic E-state index is 11.6. The number of nitrogens with one attached hydrogen (secondary N) is 1. The molecule has 0 radical (unpaired) electrons. The lowest BCUT2D eigenvalue weighted by Crippen LogP contribution is -2.53. The highest BCUT2D eigenvalue weighted by Gasteiger charge is 2.60. The fourth-order valence-corrected chi connectivity index (χ4v) is 12.8. The Morgan fingerprint density at radius 2 is 1.73 bits per heavy atom. The average molecular weight is 538 g/mol. The molecule has 216 valence electrons. The third-order valence-electron chi connectivity index (χ3n) is 11.2. The van der Waals surface area contributed by atoms with Crippen LogP contribution in [0.2, 0.25) is 0 Å². The summed E-state index contributed by atoms with van der Waals surface area (Å²) < 4.78 is 4.89. The van der Waals surface area contributed by atoms with Gasteiger partial charge in [-0.25, -0.2) is 0 Å². The summed E-state index contributed by atoms with van der Waals surface area (Å²) in [7, 11) is 1.82. The molecule has 2 heterocycles. The number of fused-ring (bicyclic) bond motifs is 5. The second-order valence-electron chi connectivity index (χ2n) is 13.2. The molecule has 6 heteroatoms. The monoisotopic (exact) mass is 537 g/mol. The van der Waals surface area contributed by atoms with Gasteiger partial charge in [-0.05, 0) is 149 Å². The Balaban J connectivity index is 0.000000325. The first-order valence-corrected chi connectivity index (χ1v) is 17.5. The van der Waals surface area contributed by atoms with E-state index in [9.17, 15) is 4.79 Å². The van der Waals surface area contributed by atoms with Crippen molar-refractivity contribution in [2.75, 3.05) is 45.6 Å². The zero-order chi connectivity index (χ0) is 26.9. The van der Waals surface area contributed by atoms with E-state index in [4.69, 9.17) is 16.2 Å². The van der Waals surface area contributed by atoms with Crippen LogP contribution in [-0.2, 0) is 9.53 Å². The minimum atomic E-state index is -0.0314. The molecule has 8 atom stereocenters. The summed E-state index contributed by atoms with van der Waals surface area (Å²) in [4.78, 5) is 11.6. The lowest BCUT2D eigenvalue weighted by molar-refractivity contribution is -0.141. The van der Waals surface area contributed by atoms with E-state index < -0.39 is 0 Å². The smallest absolute Gasteiger partial charge is 0.305 e. The minimum absolute atomic E-state index is 0.0314. The molecule has 4 aliphatic rings. The molecule has 0 amide bonds. The highest BCUT2D eigenvalue weighted by molar-refractivity contribution is 7.59. The molecule has 0 bridgehead atoms. The van der Waals surface area contributed by atoms with Crippen molar-refractivity contribution < 1.29 is 9.53 Å². The van der Waals surface area contributed by atoms with Crippen molar-refractivity contribution in [1.29, 1.82) is 0 Å². The number of unbranched alkanes of at least 4 members (excludes halogenated alkanes) is 1. The third-order valence-corrected chi connectivity index (χ3v) is 14.9. The largest absolute Gasteiger partial charge is 0.469 e. The number of hydrogen-bond acceptors (Lipinski definition) is 5. The Hall–Kier alpha value is -0.220. The van der Waals surface area contributed by atoms with Gasteiger partial charge in [0.2, 0.25) is 0 Å². The summed E-state index contributed by atoms with van der Waals surface area (Å²) >= 11 is 0. The van der Waals surface area contributed by atoms with Gasteiger partial charge in [0.1, 0.15) is 0 Å². The maximum Gasteiger partial charge on any atom is 0.305 e. The maximum atomic E-state index is 11.6. The van der Waals surface area contributed by atoms with Gasteiger partial charge in [-0.2, -0.15) is 0 Å². The normalized spacial score (nSPS) is 37.4. The van der Waals surface area contributed by atoms with Gasteiger partial charge < -0.3 is 21.5 Å². The Kier molecular flexibility index (Phi) is 12.7. The first kappa shape index (κ1) is 31.3. The van der Waals surface area contributed by atoms with Crippen LogP contribution < -0.4 is 16.8 Å². The van der Waals surface area contributed by atoms with Gasteiger partial charge in [0.25, 0.3) is 0 Å². The van der Waals surface area contributed by atoms with Crippen LogP contribution in [0.4, 0.5) is 0 Å². The van der Waals surface area contributed by atoms with Crippen LogP contribution in [0.1, 0.15) is 104 Å². The van der Waals surface area contributed by atoms with Crippen molar-refractivity contribution in [3.05, 3.63) is 0 Å². The summed E-state index contributed by atoms with van der Waals surface area (Å²) in [5.74, 6) is 4.43. The van der Waals surface area contributed by atoms with Gasteiger partial charge >= 0.3 is 5.97 Å². The fraction of sp³-hybridized carbons (Fsp3) is 0.968. The molecule has 5 nitrogen and oxygen atoms in total. The molecule has 4 rings (SSSR count). The Labute approximate surface area is 230 Å². The molecule has 0 spiro atoms. The summed E-state index contributed by atoms with van der Waals surface area (Å²) in [5, 5.41) is 4.00. The van der Waals surface area contributed by atoms with E-state index in [2.05, 4.69) is 26.1 Å². The Morgan fingerprint density at radius 3 is 2.46 bits per heavy atom. The highest BCUT2D eigenvalue weighted by atomic mass is 31.1. The van der Waals surface area contributed by atoms with E-state index in [1.807, 2.05) is 0 Å². The number of nitrogens with two attached hydrogens (primary N) is 2. The lowest BCUT2D eigenvalue weighted by atomic mass is 9.53. The number of methoxy groups -OCH3 is 1. The van der Waals surface area contributed by atoms with Crippen molar-refractivity contribution in [2.24, 2.45) is 46.5 Å². The molecule has 8 unspecified atom stereocenters. The van der Waals surface area contributed by atoms with Gasteiger partial charge in [-0.1, -0.05) is 27.2 Å². The Morgan fingerprint density at radius 1 is 0.973 bits per heavy atom. The minimum Gasteiger partial charge on any atom is -0.469 e. The van der Waals surface area contributed by atoms with Crippen LogP contribution in [0.25, 0.3) is 0 Å². The van der Waals surface area contributed by atoms with Gasteiger partial charge in [-0.3, -0.25) is 4.79 Å². The molecule has 0 aromatic carbocycles. The first-order valence-electron chi connectivity index (χ1n) is 15.7. The van der Waals surface area contributed by atoms with Crippen molar-refractivity contribution in [3.8, 4) is 0 Å². The van der Waals surface area contributed by atoms with Crippen molar-refractivity contribution >= 4 is 13.9 Å². The molecule has 0 aromatic rings. The first-order chi connectivity index (χ1) is 17.8. The standard InChI is InChI=1S/C24H41O2P.C7H19N3/c1-17(7-10-22(25)26-4)19-8-9-20-18-12-16-27-15-6-5-13-24(27,3)21(18)11-14-23(19,20)2;8-4-1-2-6-10-7-3-5-9/h17-21H,5-16H2,1-4H3;10H,1-9H2. The summed E-state index contributed by atoms with van der Waals surface area (Å²) in [6, 6.07) is 0. The van der Waals surface area contributed by atoms with Gasteiger partial charge in [-0.15, -0.1) is 7.92 Å². The predicted octanol–water partition coefficient (Wildman–Crippen LogP) is 6.13. The quantitative estimate of drug-likeness (QED) is 0.168. The molecule has 2 saturated carbocycles. The van der Waals surface area contributed by atoms with Crippen molar-refractivity contribution in [2.45, 2.75) is 109 Å². The highest BCUT2D eigenvalue weighted by Crippen LogP contribution is 2.72. The van der Waals surface area contributed by atoms with E-state index in [-0.39, 0.29) is 5.97 Å². The van der Waals surface area contributed by atoms with E-state index in [1.165, 1.54) is 64.9 Å². The fourth-order valence-electron chi connectivity index (χ4n) is 9.12. The van der Waals surface area contributed by atoms with Crippen molar-refractivity contribution in [3.63, 3.8) is 0 Å². The molecule has 0 aromatic heterocycles. The second kappa shape index (κ2) is 15.0. The lowest BCUT2D eigenvalue weighted by Gasteiger charge is -2.61. The van der Waals surface area contributed by atoms with Crippen LogP contribution in [0.5, 0.6) is 0 Å². The molecule has 4 fully saturated rings. The molecular formula is C31H60N3O2P. The van der Waals surface area contributed by atoms with Crippen LogP contribution in [0, 0.1) is 35.0 Å². The number of ether oxygens (including phenoxy) is 1. The number of rotatable bonds is 11. The van der Waals surface area contributed by atoms with E-state index >= 15 is 0 Å². The summed E-state index contributed by atoms with van der Waals surface area (Å²) in [5.41, 5.74) is 11.2. The van der Waals surface area contributed by atoms with Crippen LogP contribution in [0.15, 0.2) is 0 Å². The zero-order valence-electron chi connectivity index (χ0n) is 24.7. The SMILES string of the molecule is COC(=O)CCC(C)C1CCC2C3CCP4CCCCC4(C)C3CCC12C.NCCCCNCCCN. The molecule has 2 aliphatic carbocycles. The average Bonchev–Trinajstić information content (AvgIpc) is 3.26.